The second kappa shape index (κ2) is 5.23. The van der Waals surface area contributed by atoms with E-state index in [4.69, 9.17) is 6.42 Å². The number of benzene rings is 2. The van der Waals surface area contributed by atoms with Crippen LogP contribution in [0.25, 0.3) is 10.8 Å². The molecule has 0 spiro atoms. The van der Waals surface area contributed by atoms with Crippen LogP contribution in [0.15, 0.2) is 36.4 Å². The smallest absolute Gasteiger partial charge is 0.336 e. The third-order valence-corrected chi connectivity index (χ3v) is 2.73. The number of aromatic carboxylic acids is 1. The predicted octanol–water partition coefficient (Wildman–Crippen LogP) is 1.90. The molecule has 94 valence electrons. The highest BCUT2D eigenvalue weighted by molar-refractivity contribution is 6.14. The van der Waals surface area contributed by atoms with Crippen molar-refractivity contribution >= 4 is 22.6 Å². The molecule has 0 atom stereocenters. The molecule has 4 heteroatoms. The Bertz CT molecular complexity index is 693. The summed E-state index contributed by atoms with van der Waals surface area (Å²) in [7, 11) is 0. The summed E-state index contributed by atoms with van der Waals surface area (Å²) in [5.74, 6) is 0.861. The zero-order valence-corrected chi connectivity index (χ0v) is 10.0. The van der Waals surface area contributed by atoms with Gasteiger partial charge in [0.15, 0.2) is 0 Å². The van der Waals surface area contributed by atoms with Crippen LogP contribution < -0.4 is 5.32 Å². The summed E-state index contributed by atoms with van der Waals surface area (Å²) < 4.78 is 0. The van der Waals surface area contributed by atoms with Crippen LogP contribution in [0.5, 0.6) is 0 Å². The van der Waals surface area contributed by atoms with Gasteiger partial charge in [-0.2, -0.15) is 0 Å². The Kier molecular flexibility index (Phi) is 3.48. The minimum atomic E-state index is -1.07. The minimum Gasteiger partial charge on any atom is -0.478 e. The summed E-state index contributed by atoms with van der Waals surface area (Å²) in [5, 5.41) is 12.9. The van der Waals surface area contributed by atoms with Gasteiger partial charge in [-0.15, -0.1) is 6.42 Å². The van der Waals surface area contributed by atoms with Gasteiger partial charge < -0.3 is 10.4 Å². The first-order valence-electron chi connectivity index (χ1n) is 5.62. The second-order valence-corrected chi connectivity index (χ2v) is 3.90. The van der Waals surface area contributed by atoms with Crippen molar-refractivity contribution in [2.45, 2.75) is 0 Å². The van der Waals surface area contributed by atoms with Crippen LogP contribution in [0, 0.1) is 12.3 Å². The van der Waals surface area contributed by atoms with Crippen molar-refractivity contribution in [2.24, 2.45) is 0 Å². The molecule has 0 heterocycles. The molecule has 0 aliphatic heterocycles. The van der Waals surface area contributed by atoms with Crippen LogP contribution in [-0.2, 0) is 0 Å². The number of amides is 1. The predicted molar refractivity (Wildman–Crippen MR) is 72.1 cm³/mol. The molecule has 2 rings (SSSR count). The summed E-state index contributed by atoms with van der Waals surface area (Å²) in [5.41, 5.74) is 0.412. The number of fused-ring (bicyclic) bond motifs is 1. The number of nitrogens with one attached hydrogen (secondary N) is 1. The molecule has 0 aromatic heterocycles. The van der Waals surface area contributed by atoms with Gasteiger partial charge in [-0.25, -0.2) is 4.79 Å². The third kappa shape index (κ3) is 2.40. The normalized spacial score (nSPS) is 9.84. The SMILES string of the molecule is C#CCNC(=O)c1cccc2cccc(C(=O)O)c12. The molecule has 0 saturated heterocycles. The fraction of sp³-hybridized carbons (Fsp3) is 0.0667. The highest BCUT2D eigenvalue weighted by Crippen LogP contribution is 2.23. The van der Waals surface area contributed by atoms with E-state index < -0.39 is 5.97 Å². The highest BCUT2D eigenvalue weighted by atomic mass is 16.4. The van der Waals surface area contributed by atoms with E-state index in [0.717, 1.165) is 0 Å². The Morgan fingerprint density at radius 3 is 2.37 bits per heavy atom. The Hall–Kier alpha value is -2.80. The largest absolute Gasteiger partial charge is 0.478 e. The summed E-state index contributed by atoms with van der Waals surface area (Å²) in [6.45, 7) is 0.102. The van der Waals surface area contributed by atoms with Crippen molar-refractivity contribution in [3.05, 3.63) is 47.5 Å². The van der Waals surface area contributed by atoms with Crippen molar-refractivity contribution in [3.8, 4) is 12.3 Å². The number of hydrogen-bond donors (Lipinski definition) is 2. The van der Waals surface area contributed by atoms with Gasteiger partial charge in [0.25, 0.3) is 5.91 Å². The molecule has 0 saturated carbocycles. The maximum atomic E-state index is 12.0. The van der Waals surface area contributed by atoms with Crippen LogP contribution in [0.4, 0.5) is 0 Å². The average Bonchev–Trinajstić information content (AvgIpc) is 2.43. The van der Waals surface area contributed by atoms with Gasteiger partial charge in [-0.1, -0.05) is 30.2 Å². The minimum absolute atomic E-state index is 0.101. The molecule has 1 amide bonds. The maximum absolute atomic E-state index is 12.0. The standard InChI is InChI=1S/C15H11NO3/c1-2-9-16-14(17)11-7-3-5-10-6-4-8-12(13(10)11)15(18)19/h1,3-8H,9H2,(H,16,17)(H,18,19). The summed E-state index contributed by atoms with van der Waals surface area (Å²) in [6.07, 6.45) is 5.09. The highest BCUT2D eigenvalue weighted by Gasteiger charge is 2.15. The molecule has 2 N–H and O–H groups in total. The lowest BCUT2D eigenvalue weighted by atomic mass is 9.99. The molecule has 0 bridgehead atoms. The topological polar surface area (TPSA) is 66.4 Å². The van der Waals surface area contributed by atoms with Gasteiger partial charge in [0.05, 0.1) is 12.1 Å². The molecule has 2 aromatic rings. The number of carbonyl (C=O) groups is 2. The van der Waals surface area contributed by atoms with Crippen molar-refractivity contribution in [2.75, 3.05) is 6.54 Å². The zero-order chi connectivity index (χ0) is 13.8. The lowest BCUT2D eigenvalue weighted by Gasteiger charge is -2.08. The molecular formula is C15H11NO3. The Morgan fingerprint density at radius 2 is 1.79 bits per heavy atom. The van der Waals surface area contributed by atoms with Crippen molar-refractivity contribution in [3.63, 3.8) is 0 Å². The first-order chi connectivity index (χ1) is 9.15. The lowest BCUT2D eigenvalue weighted by Crippen LogP contribution is -2.24. The molecule has 19 heavy (non-hydrogen) atoms. The number of carbonyl (C=O) groups excluding carboxylic acids is 1. The van der Waals surface area contributed by atoms with Gasteiger partial charge in [-0.05, 0) is 17.5 Å². The van der Waals surface area contributed by atoms with Gasteiger partial charge >= 0.3 is 5.97 Å². The fourth-order valence-electron chi connectivity index (χ4n) is 1.93. The number of carboxylic acids is 1. The first-order valence-corrected chi connectivity index (χ1v) is 5.62. The van der Waals surface area contributed by atoms with Gasteiger partial charge in [0.2, 0.25) is 0 Å². The number of carboxylic acid groups (broad SMARTS) is 1. The van der Waals surface area contributed by atoms with Crippen LogP contribution in [0.1, 0.15) is 20.7 Å². The average molecular weight is 253 g/mol. The number of terminal acetylenes is 1. The van der Waals surface area contributed by atoms with Crippen molar-refractivity contribution in [1.82, 2.24) is 5.32 Å². The van der Waals surface area contributed by atoms with Gasteiger partial charge in [-0.3, -0.25) is 4.79 Å². The summed E-state index contributed by atoms with van der Waals surface area (Å²) in [6, 6.07) is 9.94. The monoisotopic (exact) mass is 253 g/mol. The van der Waals surface area contributed by atoms with Crippen molar-refractivity contribution < 1.29 is 14.7 Å². The Labute approximate surface area is 110 Å². The Morgan fingerprint density at radius 1 is 1.16 bits per heavy atom. The van der Waals surface area contributed by atoms with E-state index in [1.54, 1.807) is 30.3 Å². The zero-order valence-electron chi connectivity index (χ0n) is 10.0. The first kappa shape index (κ1) is 12.7. The number of rotatable bonds is 3. The molecule has 4 nitrogen and oxygen atoms in total. The van der Waals surface area contributed by atoms with Crippen molar-refractivity contribution in [1.29, 1.82) is 0 Å². The van der Waals surface area contributed by atoms with E-state index >= 15 is 0 Å². The summed E-state index contributed by atoms with van der Waals surface area (Å²) in [4.78, 5) is 23.2. The van der Waals surface area contributed by atoms with Crippen LogP contribution in [0.2, 0.25) is 0 Å². The van der Waals surface area contributed by atoms with Gasteiger partial charge in [0.1, 0.15) is 0 Å². The van der Waals surface area contributed by atoms with Crippen LogP contribution in [-0.4, -0.2) is 23.5 Å². The van der Waals surface area contributed by atoms with Crippen LogP contribution >= 0.6 is 0 Å². The number of hydrogen-bond acceptors (Lipinski definition) is 2. The lowest BCUT2D eigenvalue weighted by molar-refractivity contribution is 0.0699. The van der Waals surface area contributed by atoms with E-state index in [0.29, 0.717) is 16.3 Å². The molecular weight excluding hydrogens is 242 g/mol. The van der Waals surface area contributed by atoms with E-state index in [2.05, 4.69) is 11.2 Å². The molecule has 0 fully saturated rings. The van der Waals surface area contributed by atoms with E-state index in [1.807, 2.05) is 0 Å². The third-order valence-electron chi connectivity index (χ3n) is 2.73. The second-order valence-electron chi connectivity index (χ2n) is 3.90. The molecule has 0 unspecified atom stereocenters. The maximum Gasteiger partial charge on any atom is 0.336 e. The van der Waals surface area contributed by atoms with E-state index in [9.17, 15) is 14.7 Å². The molecule has 0 aliphatic rings. The quantitative estimate of drug-likeness (QED) is 0.821. The summed E-state index contributed by atoms with van der Waals surface area (Å²) >= 11 is 0. The molecule has 0 aliphatic carbocycles. The fourth-order valence-corrected chi connectivity index (χ4v) is 1.93. The van der Waals surface area contributed by atoms with Crippen LogP contribution in [0.3, 0.4) is 0 Å². The Balaban J connectivity index is 2.64. The van der Waals surface area contributed by atoms with E-state index in [1.165, 1.54) is 6.07 Å². The van der Waals surface area contributed by atoms with E-state index in [-0.39, 0.29) is 18.0 Å². The molecule has 0 radical (unpaired) electrons. The molecule has 2 aromatic carbocycles. The van der Waals surface area contributed by atoms with Gasteiger partial charge in [0, 0.05) is 10.9 Å².